The molecule has 66 valence electrons. The van der Waals surface area contributed by atoms with Crippen LogP contribution in [0.5, 0.6) is 0 Å². The summed E-state index contributed by atoms with van der Waals surface area (Å²) in [4.78, 5) is -0.373. The second-order valence-electron chi connectivity index (χ2n) is 2.14. The molecular formula is C6H5ClNNaO3S. The van der Waals surface area contributed by atoms with E-state index in [2.05, 4.69) is 0 Å². The third kappa shape index (κ3) is 3.46. The van der Waals surface area contributed by atoms with Gasteiger partial charge in [-0.3, -0.25) is 0 Å². The van der Waals surface area contributed by atoms with Gasteiger partial charge in [-0.05, 0) is 18.2 Å². The standard InChI is InChI=1S/C6H6ClNO3S.Na/c7-5-3-4(12(9,10)11)1-2-6(5)8;/h1-3H,8H2,(H,9,10,11);/q;+1/p-1. The Morgan fingerprint density at radius 1 is 1.38 bits per heavy atom. The Balaban J connectivity index is 0.00000144. The van der Waals surface area contributed by atoms with Gasteiger partial charge in [0.15, 0.2) is 0 Å². The number of halogens is 1. The average molecular weight is 230 g/mol. The summed E-state index contributed by atoms with van der Waals surface area (Å²) in [5, 5.41) is 0.0620. The van der Waals surface area contributed by atoms with Gasteiger partial charge in [0, 0.05) is 0 Å². The second-order valence-corrected chi connectivity index (χ2v) is 3.92. The molecule has 0 atom stereocenters. The van der Waals surface area contributed by atoms with Crippen molar-refractivity contribution >= 4 is 27.4 Å². The summed E-state index contributed by atoms with van der Waals surface area (Å²) in [7, 11) is -4.43. The van der Waals surface area contributed by atoms with Gasteiger partial charge in [0.05, 0.1) is 15.6 Å². The van der Waals surface area contributed by atoms with E-state index in [0.29, 0.717) is 0 Å². The Morgan fingerprint density at radius 3 is 2.31 bits per heavy atom. The predicted molar refractivity (Wildman–Crippen MR) is 43.8 cm³/mol. The molecule has 0 aliphatic heterocycles. The van der Waals surface area contributed by atoms with E-state index >= 15 is 0 Å². The summed E-state index contributed by atoms with van der Waals surface area (Å²) >= 11 is 5.49. The molecule has 1 aromatic rings. The van der Waals surface area contributed by atoms with E-state index in [1.54, 1.807) is 0 Å². The number of nitrogens with two attached hydrogens (primary N) is 1. The van der Waals surface area contributed by atoms with Crippen LogP contribution < -0.4 is 35.3 Å². The van der Waals surface area contributed by atoms with E-state index in [1.165, 1.54) is 6.07 Å². The maximum Gasteiger partial charge on any atom is 1.00 e. The van der Waals surface area contributed by atoms with Gasteiger partial charge in [0.25, 0.3) is 0 Å². The van der Waals surface area contributed by atoms with Crippen molar-refractivity contribution in [3.63, 3.8) is 0 Å². The van der Waals surface area contributed by atoms with Gasteiger partial charge in [-0.2, -0.15) is 0 Å². The zero-order valence-corrected chi connectivity index (χ0v) is 10.4. The van der Waals surface area contributed by atoms with Crippen molar-refractivity contribution in [3.8, 4) is 0 Å². The number of rotatable bonds is 1. The molecule has 1 aromatic carbocycles. The fourth-order valence-corrected chi connectivity index (χ4v) is 1.41. The van der Waals surface area contributed by atoms with Crippen molar-refractivity contribution in [1.29, 1.82) is 0 Å². The van der Waals surface area contributed by atoms with Crippen molar-refractivity contribution in [2.24, 2.45) is 0 Å². The largest absolute Gasteiger partial charge is 1.00 e. The Labute approximate surface area is 103 Å². The maximum atomic E-state index is 10.4. The fraction of sp³-hybridized carbons (Fsp3) is 0. The van der Waals surface area contributed by atoms with E-state index in [-0.39, 0.29) is 45.2 Å². The molecule has 0 saturated heterocycles. The number of benzene rings is 1. The van der Waals surface area contributed by atoms with Crippen LogP contribution in [-0.2, 0) is 10.1 Å². The van der Waals surface area contributed by atoms with Gasteiger partial charge < -0.3 is 10.3 Å². The molecule has 1 rings (SSSR count). The van der Waals surface area contributed by atoms with Crippen molar-refractivity contribution in [1.82, 2.24) is 0 Å². The van der Waals surface area contributed by atoms with Crippen LogP contribution in [0.25, 0.3) is 0 Å². The molecule has 0 amide bonds. The second kappa shape index (κ2) is 4.63. The number of hydrogen-bond acceptors (Lipinski definition) is 4. The molecule has 0 saturated carbocycles. The van der Waals surface area contributed by atoms with Crippen molar-refractivity contribution in [2.45, 2.75) is 4.90 Å². The zero-order chi connectivity index (χ0) is 9.35. The average Bonchev–Trinajstić information content (AvgIpc) is 1.92. The number of nitrogen functional groups attached to an aromatic ring is 1. The summed E-state index contributed by atoms with van der Waals surface area (Å²) in [6, 6.07) is 3.41. The van der Waals surface area contributed by atoms with Crippen LogP contribution in [0.15, 0.2) is 23.1 Å². The van der Waals surface area contributed by atoms with Crippen LogP contribution >= 0.6 is 11.6 Å². The molecule has 0 heterocycles. The first-order valence-corrected chi connectivity index (χ1v) is 4.71. The zero-order valence-electron chi connectivity index (χ0n) is 6.82. The molecule has 0 unspecified atom stereocenters. The van der Waals surface area contributed by atoms with E-state index in [9.17, 15) is 13.0 Å². The minimum Gasteiger partial charge on any atom is -0.744 e. The molecule has 4 nitrogen and oxygen atoms in total. The topological polar surface area (TPSA) is 83.2 Å². The molecule has 0 aliphatic rings. The van der Waals surface area contributed by atoms with Crippen molar-refractivity contribution in [2.75, 3.05) is 5.73 Å². The first-order chi connectivity index (χ1) is 5.41. The third-order valence-electron chi connectivity index (χ3n) is 1.26. The minimum absolute atomic E-state index is 0. The van der Waals surface area contributed by atoms with Gasteiger partial charge in [0.2, 0.25) is 0 Å². The first-order valence-electron chi connectivity index (χ1n) is 2.92. The summed E-state index contributed by atoms with van der Waals surface area (Å²) < 4.78 is 31.3. The molecule has 13 heavy (non-hydrogen) atoms. The quantitative estimate of drug-likeness (QED) is 0.338. The van der Waals surface area contributed by atoms with Crippen molar-refractivity contribution in [3.05, 3.63) is 23.2 Å². The van der Waals surface area contributed by atoms with E-state index in [1.807, 2.05) is 0 Å². The van der Waals surface area contributed by atoms with Crippen LogP contribution in [0, 0.1) is 0 Å². The number of anilines is 1. The van der Waals surface area contributed by atoms with Gasteiger partial charge >= 0.3 is 29.6 Å². The molecule has 7 heteroatoms. The summed E-state index contributed by atoms with van der Waals surface area (Å²) in [6.07, 6.45) is 0. The van der Waals surface area contributed by atoms with E-state index < -0.39 is 10.1 Å². The molecule has 0 fully saturated rings. The molecule has 2 N–H and O–H groups in total. The van der Waals surface area contributed by atoms with Gasteiger partial charge in [-0.1, -0.05) is 11.6 Å². The minimum atomic E-state index is -4.43. The van der Waals surface area contributed by atoms with Gasteiger partial charge in [-0.15, -0.1) is 0 Å². The molecule has 0 spiro atoms. The Hall–Kier alpha value is 0.220. The molecule has 0 aliphatic carbocycles. The van der Waals surface area contributed by atoms with E-state index in [4.69, 9.17) is 17.3 Å². The van der Waals surface area contributed by atoms with Crippen LogP contribution in [0.1, 0.15) is 0 Å². The summed E-state index contributed by atoms with van der Waals surface area (Å²) in [6.45, 7) is 0. The van der Waals surface area contributed by atoms with Crippen LogP contribution in [-0.4, -0.2) is 13.0 Å². The van der Waals surface area contributed by atoms with Gasteiger partial charge in [0.1, 0.15) is 10.1 Å². The summed E-state index contributed by atoms with van der Waals surface area (Å²) in [5.41, 5.74) is 5.54. The Bertz CT molecular complexity index is 406. The van der Waals surface area contributed by atoms with Crippen molar-refractivity contribution < 1.29 is 42.5 Å². The third-order valence-corrected chi connectivity index (χ3v) is 2.42. The maximum absolute atomic E-state index is 10.4. The smallest absolute Gasteiger partial charge is 0.744 e. The van der Waals surface area contributed by atoms with Crippen LogP contribution in [0.2, 0.25) is 5.02 Å². The number of hydrogen-bond donors (Lipinski definition) is 1. The van der Waals surface area contributed by atoms with Crippen LogP contribution in [0.4, 0.5) is 5.69 Å². The van der Waals surface area contributed by atoms with E-state index in [0.717, 1.165) is 12.1 Å². The predicted octanol–water partition coefficient (Wildman–Crippen LogP) is -2.17. The molecule has 0 radical (unpaired) electrons. The monoisotopic (exact) mass is 229 g/mol. The van der Waals surface area contributed by atoms with Crippen LogP contribution in [0.3, 0.4) is 0 Å². The normalized spacial score (nSPS) is 10.6. The molecular weight excluding hydrogens is 225 g/mol. The first kappa shape index (κ1) is 13.2. The molecule has 0 bridgehead atoms. The molecule has 0 aromatic heterocycles. The summed E-state index contributed by atoms with van der Waals surface area (Å²) in [5.74, 6) is 0. The SMILES string of the molecule is Nc1ccc(S(=O)(=O)[O-])cc1Cl.[Na+]. The Morgan fingerprint density at radius 2 is 1.92 bits per heavy atom. The van der Waals surface area contributed by atoms with Gasteiger partial charge in [-0.25, -0.2) is 8.42 Å². The Kier molecular flexibility index (Phi) is 4.71. The fourth-order valence-electron chi connectivity index (χ4n) is 0.663.